The SMILES string of the molecule is COc1cccc(/C=N\OCC(=O)NCc2ccccc2Cl)c1OC. The summed E-state index contributed by atoms with van der Waals surface area (Å²) >= 11 is 6.03. The summed E-state index contributed by atoms with van der Waals surface area (Å²) in [5, 5.41) is 7.11. The van der Waals surface area contributed by atoms with Gasteiger partial charge in [0.2, 0.25) is 0 Å². The molecule has 0 aliphatic heterocycles. The second-order valence-electron chi connectivity index (χ2n) is 4.96. The van der Waals surface area contributed by atoms with Gasteiger partial charge in [-0.05, 0) is 23.8 Å². The van der Waals surface area contributed by atoms with Crippen molar-refractivity contribution < 1.29 is 19.1 Å². The minimum absolute atomic E-state index is 0.201. The van der Waals surface area contributed by atoms with Gasteiger partial charge in [-0.15, -0.1) is 0 Å². The van der Waals surface area contributed by atoms with Gasteiger partial charge in [-0.1, -0.05) is 41.0 Å². The lowest BCUT2D eigenvalue weighted by molar-refractivity contribution is -0.125. The molecular formula is C18H19ClN2O4. The molecule has 0 aliphatic carbocycles. The van der Waals surface area contributed by atoms with Gasteiger partial charge in [-0.2, -0.15) is 0 Å². The number of hydrogen-bond acceptors (Lipinski definition) is 5. The molecule has 25 heavy (non-hydrogen) atoms. The predicted octanol–water partition coefficient (Wildman–Crippen LogP) is 3.02. The van der Waals surface area contributed by atoms with Gasteiger partial charge in [-0.3, -0.25) is 4.79 Å². The summed E-state index contributed by atoms with van der Waals surface area (Å²) in [6, 6.07) is 12.7. The van der Waals surface area contributed by atoms with E-state index >= 15 is 0 Å². The first-order chi connectivity index (χ1) is 12.2. The number of para-hydroxylation sites is 1. The first-order valence-corrected chi connectivity index (χ1v) is 7.90. The lowest BCUT2D eigenvalue weighted by Crippen LogP contribution is -2.26. The molecule has 0 saturated heterocycles. The molecule has 0 fully saturated rings. The zero-order chi connectivity index (χ0) is 18.1. The van der Waals surface area contributed by atoms with E-state index in [0.29, 0.717) is 28.6 Å². The number of nitrogens with one attached hydrogen (secondary N) is 1. The van der Waals surface area contributed by atoms with E-state index in [9.17, 15) is 4.79 Å². The molecule has 0 unspecified atom stereocenters. The second-order valence-corrected chi connectivity index (χ2v) is 5.37. The van der Waals surface area contributed by atoms with Crippen molar-refractivity contribution in [2.75, 3.05) is 20.8 Å². The average Bonchev–Trinajstić information content (AvgIpc) is 2.64. The average molecular weight is 363 g/mol. The van der Waals surface area contributed by atoms with Gasteiger partial charge >= 0.3 is 0 Å². The Labute approximate surface area is 151 Å². The van der Waals surface area contributed by atoms with Crippen molar-refractivity contribution in [3.63, 3.8) is 0 Å². The Balaban J connectivity index is 1.83. The number of carbonyl (C=O) groups is 1. The van der Waals surface area contributed by atoms with Crippen molar-refractivity contribution in [3.05, 3.63) is 58.6 Å². The second kappa shape index (κ2) is 9.54. The van der Waals surface area contributed by atoms with Crippen LogP contribution in [-0.4, -0.2) is 32.9 Å². The minimum Gasteiger partial charge on any atom is -0.493 e. The summed E-state index contributed by atoms with van der Waals surface area (Å²) in [5.74, 6) is 0.833. The van der Waals surface area contributed by atoms with Gasteiger partial charge in [0.1, 0.15) is 0 Å². The molecule has 132 valence electrons. The fraction of sp³-hybridized carbons (Fsp3) is 0.222. The van der Waals surface area contributed by atoms with E-state index in [2.05, 4.69) is 10.5 Å². The van der Waals surface area contributed by atoms with Crippen LogP contribution in [0.4, 0.5) is 0 Å². The number of hydrogen-bond donors (Lipinski definition) is 1. The number of carbonyl (C=O) groups excluding carboxylic acids is 1. The van der Waals surface area contributed by atoms with Crippen LogP contribution in [0.5, 0.6) is 11.5 Å². The molecule has 0 aliphatic rings. The maximum atomic E-state index is 11.8. The van der Waals surface area contributed by atoms with E-state index in [1.165, 1.54) is 13.3 Å². The Hall–Kier alpha value is -2.73. The molecule has 2 rings (SSSR count). The summed E-state index contributed by atoms with van der Waals surface area (Å²) < 4.78 is 10.5. The molecule has 0 saturated carbocycles. The molecule has 0 bridgehead atoms. The lowest BCUT2D eigenvalue weighted by atomic mass is 10.2. The first kappa shape index (κ1) is 18.6. The summed E-state index contributed by atoms with van der Waals surface area (Å²) in [7, 11) is 3.09. The van der Waals surface area contributed by atoms with Crippen LogP contribution in [0.1, 0.15) is 11.1 Å². The van der Waals surface area contributed by atoms with Crippen LogP contribution < -0.4 is 14.8 Å². The van der Waals surface area contributed by atoms with Crippen LogP contribution in [0, 0.1) is 0 Å². The molecule has 0 aromatic heterocycles. The van der Waals surface area contributed by atoms with E-state index in [0.717, 1.165) is 5.56 Å². The third kappa shape index (κ3) is 5.39. The highest BCUT2D eigenvalue weighted by Crippen LogP contribution is 2.29. The van der Waals surface area contributed by atoms with E-state index in [1.54, 1.807) is 31.4 Å². The van der Waals surface area contributed by atoms with Crippen molar-refractivity contribution >= 4 is 23.7 Å². The largest absolute Gasteiger partial charge is 0.493 e. The van der Waals surface area contributed by atoms with Gasteiger partial charge < -0.3 is 19.6 Å². The Morgan fingerprint density at radius 3 is 2.68 bits per heavy atom. The number of ether oxygens (including phenoxy) is 2. The standard InChI is InChI=1S/C18H19ClN2O4/c1-23-16-9-5-7-14(18(16)24-2)11-21-25-12-17(22)20-10-13-6-3-4-8-15(13)19/h3-9,11H,10,12H2,1-2H3,(H,20,22)/b21-11-. The number of methoxy groups -OCH3 is 2. The van der Waals surface area contributed by atoms with Crippen LogP contribution in [0.3, 0.4) is 0 Å². The van der Waals surface area contributed by atoms with Crippen molar-refractivity contribution in [1.29, 1.82) is 0 Å². The smallest absolute Gasteiger partial charge is 0.261 e. The number of rotatable bonds is 8. The monoisotopic (exact) mass is 362 g/mol. The maximum Gasteiger partial charge on any atom is 0.261 e. The van der Waals surface area contributed by atoms with E-state index in [-0.39, 0.29) is 12.5 Å². The van der Waals surface area contributed by atoms with E-state index in [1.807, 2.05) is 18.2 Å². The highest BCUT2D eigenvalue weighted by atomic mass is 35.5. The first-order valence-electron chi connectivity index (χ1n) is 7.52. The van der Waals surface area contributed by atoms with Gasteiger partial charge in [-0.25, -0.2) is 0 Å². The number of halogens is 1. The van der Waals surface area contributed by atoms with Crippen molar-refractivity contribution in [3.8, 4) is 11.5 Å². The Kier molecular flexibility index (Phi) is 7.10. The molecule has 0 atom stereocenters. The molecule has 2 aromatic carbocycles. The van der Waals surface area contributed by atoms with Gasteiger partial charge in [0.05, 0.1) is 20.4 Å². The molecule has 0 heterocycles. The van der Waals surface area contributed by atoms with Crippen molar-refractivity contribution in [1.82, 2.24) is 5.32 Å². The molecular weight excluding hydrogens is 344 g/mol. The Morgan fingerprint density at radius 2 is 1.96 bits per heavy atom. The fourth-order valence-electron chi connectivity index (χ4n) is 2.09. The maximum absolute atomic E-state index is 11.8. The summed E-state index contributed by atoms with van der Waals surface area (Å²) in [6.07, 6.45) is 1.46. The minimum atomic E-state index is -0.297. The van der Waals surface area contributed by atoms with E-state index < -0.39 is 0 Å². The van der Waals surface area contributed by atoms with Crippen LogP contribution >= 0.6 is 11.6 Å². The molecule has 1 amide bonds. The van der Waals surface area contributed by atoms with Crippen molar-refractivity contribution in [2.24, 2.45) is 5.16 Å². The molecule has 1 N–H and O–H groups in total. The molecule has 0 spiro atoms. The van der Waals surface area contributed by atoms with Crippen LogP contribution in [0.25, 0.3) is 0 Å². The highest BCUT2D eigenvalue weighted by Gasteiger charge is 2.08. The molecule has 2 aromatic rings. The Bertz CT molecular complexity index is 750. The Morgan fingerprint density at radius 1 is 1.16 bits per heavy atom. The molecule has 7 heteroatoms. The lowest BCUT2D eigenvalue weighted by Gasteiger charge is -2.09. The van der Waals surface area contributed by atoms with Gasteiger partial charge in [0.25, 0.3) is 5.91 Å². The van der Waals surface area contributed by atoms with Crippen molar-refractivity contribution in [2.45, 2.75) is 6.54 Å². The van der Waals surface area contributed by atoms with Crippen LogP contribution in [0.15, 0.2) is 47.6 Å². The molecule has 6 nitrogen and oxygen atoms in total. The fourth-order valence-corrected chi connectivity index (χ4v) is 2.29. The summed E-state index contributed by atoms with van der Waals surface area (Å²) in [4.78, 5) is 16.8. The van der Waals surface area contributed by atoms with Crippen LogP contribution in [-0.2, 0) is 16.2 Å². The number of nitrogens with zero attached hydrogens (tertiary/aromatic N) is 1. The normalized spacial score (nSPS) is 10.5. The predicted molar refractivity (Wildman–Crippen MR) is 96.4 cm³/mol. The van der Waals surface area contributed by atoms with E-state index in [4.69, 9.17) is 25.9 Å². The zero-order valence-corrected chi connectivity index (χ0v) is 14.7. The quantitative estimate of drug-likeness (QED) is 0.579. The number of oxime groups is 1. The number of benzene rings is 2. The van der Waals surface area contributed by atoms with Gasteiger partial charge in [0.15, 0.2) is 18.1 Å². The van der Waals surface area contributed by atoms with Crippen LogP contribution in [0.2, 0.25) is 5.02 Å². The summed E-state index contributed by atoms with van der Waals surface area (Å²) in [5.41, 5.74) is 1.51. The molecule has 0 radical (unpaired) electrons. The zero-order valence-electron chi connectivity index (χ0n) is 14.0. The number of amides is 1. The third-order valence-electron chi connectivity index (χ3n) is 3.33. The highest BCUT2D eigenvalue weighted by molar-refractivity contribution is 6.31. The third-order valence-corrected chi connectivity index (χ3v) is 3.70. The summed E-state index contributed by atoms with van der Waals surface area (Å²) in [6.45, 7) is 0.128. The topological polar surface area (TPSA) is 69.2 Å². The van der Waals surface area contributed by atoms with Gasteiger partial charge in [0, 0.05) is 17.1 Å².